The van der Waals surface area contributed by atoms with Gasteiger partial charge >= 0.3 is 5.97 Å². The Bertz CT molecular complexity index is 996. The van der Waals surface area contributed by atoms with Gasteiger partial charge in [-0.05, 0) is 29.8 Å². The largest absolute Gasteiger partial charge is 0.493 e. The molecule has 128 valence electrons. The van der Waals surface area contributed by atoms with E-state index in [-0.39, 0.29) is 5.69 Å². The molecule has 1 N–H and O–H groups in total. The fraction of sp³-hybridized carbons (Fsp3) is 0.167. The fourth-order valence-electron chi connectivity index (χ4n) is 2.73. The Labute approximate surface area is 143 Å². The number of nitrogens with one attached hydrogen (secondary N) is 1. The number of H-pyrrole nitrogens is 1. The molecule has 0 aliphatic carbocycles. The molecule has 0 radical (unpaired) electrons. The lowest BCUT2D eigenvalue weighted by Crippen LogP contribution is -2.16. The van der Waals surface area contributed by atoms with Gasteiger partial charge in [-0.1, -0.05) is 0 Å². The average molecular weight is 340 g/mol. The van der Waals surface area contributed by atoms with Crippen LogP contribution in [0.4, 0.5) is 0 Å². The van der Waals surface area contributed by atoms with Crippen LogP contribution in [0.15, 0.2) is 41.5 Å². The van der Waals surface area contributed by atoms with E-state index >= 15 is 0 Å². The summed E-state index contributed by atoms with van der Waals surface area (Å²) in [5, 5.41) is 0.921. The molecule has 0 atom stereocenters. The second kappa shape index (κ2) is 6.64. The molecule has 2 aromatic heterocycles. The maximum atomic E-state index is 12.5. The summed E-state index contributed by atoms with van der Waals surface area (Å²) in [4.78, 5) is 31.3. The number of esters is 1. The van der Waals surface area contributed by atoms with Gasteiger partial charge in [-0.2, -0.15) is 0 Å². The molecule has 0 amide bonds. The van der Waals surface area contributed by atoms with Crippen molar-refractivity contribution < 1.29 is 19.0 Å². The molecule has 0 aliphatic rings. The number of methoxy groups -OCH3 is 3. The lowest BCUT2D eigenvalue weighted by molar-refractivity contribution is 0.0595. The molecule has 0 aliphatic heterocycles. The first-order valence-electron chi connectivity index (χ1n) is 7.41. The third-order valence-electron chi connectivity index (χ3n) is 3.88. The van der Waals surface area contributed by atoms with Gasteiger partial charge in [0, 0.05) is 23.3 Å². The molecule has 3 rings (SSSR count). The number of ether oxygens (including phenoxy) is 3. The van der Waals surface area contributed by atoms with Crippen LogP contribution < -0.4 is 15.0 Å². The number of carbonyl (C=O) groups excluding carboxylic acids is 1. The van der Waals surface area contributed by atoms with Gasteiger partial charge in [0.15, 0.2) is 11.5 Å². The van der Waals surface area contributed by atoms with Crippen molar-refractivity contribution in [3.05, 3.63) is 52.7 Å². The van der Waals surface area contributed by atoms with E-state index in [1.807, 2.05) is 0 Å². The third-order valence-corrected chi connectivity index (χ3v) is 3.88. The molecule has 0 fully saturated rings. The minimum Gasteiger partial charge on any atom is -0.493 e. The normalized spacial score (nSPS) is 10.5. The maximum Gasteiger partial charge on any atom is 0.355 e. The molecule has 0 unspecified atom stereocenters. The highest BCUT2D eigenvalue weighted by molar-refractivity contribution is 6.07. The highest BCUT2D eigenvalue weighted by Gasteiger charge is 2.21. The van der Waals surface area contributed by atoms with Gasteiger partial charge < -0.3 is 19.2 Å². The van der Waals surface area contributed by atoms with Crippen molar-refractivity contribution in [2.24, 2.45) is 0 Å². The first-order chi connectivity index (χ1) is 12.1. The summed E-state index contributed by atoms with van der Waals surface area (Å²) in [7, 11) is 4.25. The summed E-state index contributed by atoms with van der Waals surface area (Å²) in [6.07, 6.45) is 3.21. The van der Waals surface area contributed by atoms with Crippen LogP contribution in [0.5, 0.6) is 11.5 Å². The van der Waals surface area contributed by atoms with E-state index in [1.54, 1.807) is 36.7 Å². The van der Waals surface area contributed by atoms with Crippen molar-refractivity contribution in [2.45, 2.75) is 0 Å². The Morgan fingerprint density at radius 3 is 2.16 bits per heavy atom. The highest BCUT2D eigenvalue weighted by atomic mass is 16.5. The number of rotatable bonds is 4. The number of benzene rings is 1. The molecule has 7 nitrogen and oxygen atoms in total. The summed E-state index contributed by atoms with van der Waals surface area (Å²) in [5.41, 5.74) is 0.890. The monoisotopic (exact) mass is 340 g/mol. The quantitative estimate of drug-likeness (QED) is 0.734. The zero-order valence-electron chi connectivity index (χ0n) is 14.0. The molecule has 3 aromatic rings. The van der Waals surface area contributed by atoms with E-state index in [2.05, 4.69) is 9.97 Å². The molecular weight excluding hydrogens is 324 g/mol. The van der Waals surface area contributed by atoms with Crippen LogP contribution in [0.1, 0.15) is 10.5 Å². The zero-order chi connectivity index (χ0) is 18.0. The predicted molar refractivity (Wildman–Crippen MR) is 92.2 cm³/mol. The van der Waals surface area contributed by atoms with Gasteiger partial charge in [0.2, 0.25) is 0 Å². The summed E-state index contributed by atoms with van der Waals surface area (Å²) in [5.74, 6) is 0.235. The first kappa shape index (κ1) is 16.5. The third kappa shape index (κ3) is 2.80. The molecular formula is C18H16N2O5. The summed E-state index contributed by atoms with van der Waals surface area (Å²) in [6, 6.07) is 6.75. The molecule has 0 spiro atoms. The Morgan fingerprint density at radius 2 is 1.60 bits per heavy atom. The number of hydrogen-bond donors (Lipinski definition) is 1. The van der Waals surface area contributed by atoms with Crippen LogP contribution in [0, 0.1) is 0 Å². The number of pyridine rings is 2. The van der Waals surface area contributed by atoms with E-state index in [9.17, 15) is 9.59 Å². The Kier molecular flexibility index (Phi) is 4.38. The van der Waals surface area contributed by atoms with E-state index < -0.39 is 11.5 Å². The standard InChI is InChI=1S/C18H16N2O5/c1-23-13-8-11-12(9-14(13)24-2)17(21)20-16(18(22)25-3)15(11)10-4-6-19-7-5-10/h4-9H,1-3H3,(H,20,21). The van der Waals surface area contributed by atoms with Crippen molar-refractivity contribution in [1.82, 2.24) is 9.97 Å². The van der Waals surface area contributed by atoms with Crippen molar-refractivity contribution in [3.8, 4) is 22.6 Å². The molecule has 0 saturated heterocycles. The van der Waals surface area contributed by atoms with Crippen molar-refractivity contribution in [2.75, 3.05) is 21.3 Å². The molecule has 2 heterocycles. The number of aromatic nitrogens is 2. The van der Waals surface area contributed by atoms with Crippen molar-refractivity contribution in [1.29, 1.82) is 0 Å². The minimum absolute atomic E-state index is 0.0680. The molecule has 1 aromatic carbocycles. The number of aromatic amines is 1. The van der Waals surface area contributed by atoms with E-state index in [4.69, 9.17) is 14.2 Å². The Hall–Kier alpha value is -3.35. The van der Waals surface area contributed by atoms with Crippen LogP contribution >= 0.6 is 0 Å². The minimum atomic E-state index is -0.638. The topological polar surface area (TPSA) is 90.5 Å². The summed E-state index contributed by atoms with van der Waals surface area (Å²) in [6.45, 7) is 0. The highest BCUT2D eigenvalue weighted by Crippen LogP contribution is 2.36. The van der Waals surface area contributed by atoms with Crippen LogP contribution in [0.25, 0.3) is 21.9 Å². The summed E-state index contributed by atoms with van der Waals surface area (Å²) < 4.78 is 15.4. The number of hydrogen-bond acceptors (Lipinski definition) is 6. The van der Waals surface area contributed by atoms with E-state index in [0.29, 0.717) is 33.4 Å². The Balaban J connectivity index is 2.49. The zero-order valence-corrected chi connectivity index (χ0v) is 14.0. The van der Waals surface area contributed by atoms with Gasteiger partial charge in [0.1, 0.15) is 5.69 Å². The Morgan fingerprint density at radius 1 is 1.00 bits per heavy atom. The van der Waals surface area contributed by atoms with E-state index in [0.717, 1.165) is 0 Å². The molecule has 7 heteroatoms. The fourth-order valence-corrected chi connectivity index (χ4v) is 2.73. The summed E-state index contributed by atoms with van der Waals surface area (Å²) >= 11 is 0. The van der Waals surface area contributed by atoms with Gasteiger partial charge in [0.05, 0.1) is 26.7 Å². The van der Waals surface area contributed by atoms with Gasteiger partial charge in [-0.3, -0.25) is 9.78 Å². The number of carbonyl (C=O) groups is 1. The lowest BCUT2D eigenvalue weighted by atomic mass is 9.97. The molecule has 0 saturated carbocycles. The van der Waals surface area contributed by atoms with Crippen molar-refractivity contribution in [3.63, 3.8) is 0 Å². The van der Waals surface area contributed by atoms with Crippen LogP contribution in [-0.4, -0.2) is 37.3 Å². The van der Waals surface area contributed by atoms with Gasteiger partial charge in [0.25, 0.3) is 5.56 Å². The second-order valence-corrected chi connectivity index (χ2v) is 5.18. The lowest BCUT2D eigenvalue weighted by Gasteiger charge is -2.14. The van der Waals surface area contributed by atoms with Gasteiger partial charge in [-0.15, -0.1) is 0 Å². The van der Waals surface area contributed by atoms with Crippen LogP contribution in [-0.2, 0) is 4.74 Å². The maximum absolute atomic E-state index is 12.5. The van der Waals surface area contributed by atoms with E-state index in [1.165, 1.54) is 21.3 Å². The number of nitrogens with zero attached hydrogens (tertiary/aromatic N) is 1. The predicted octanol–water partition coefficient (Wildman–Crippen LogP) is 2.39. The molecule has 25 heavy (non-hydrogen) atoms. The number of fused-ring (bicyclic) bond motifs is 1. The SMILES string of the molecule is COC(=O)c1[nH]c(=O)c2cc(OC)c(OC)cc2c1-c1ccncc1. The van der Waals surface area contributed by atoms with Gasteiger partial charge in [-0.25, -0.2) is 4.79 Å². The smallest absolute Gasteiger partial charge is 0.355 e. The van der Waals surface area contributed by atoms with Crippen molar-refractivity contribution >= 4 is 16.7 Å². The second-order valence-electron chi connectivity index (χ2n) is 5.18. The first-order valence-corrected chi connectivity index (χ1v) is 7.41. The van der Waals surface area contributed by atoms with Crippen LogP contribution in [0.3, 0.4) is 0 Å². The average Bonchev–Trinajstić information content (AvgIpc) is 2.66. The van der Waals surface area contributed by atoms with Crippen LogP contribution in [0.2, 0.25) is 0 Å². The molecule has 0 bridgehead atoms.